The first-order valence-corrected chi connectivity index (χ1v) is 8.99. The van der Waals surface area contributed by atoms with Crippen LogP contribution in [0.15, 0.2) is 64.6 Å². The highest BCUT2D eigenvalue weighted by Crippen LogP contribution is 2.23. The summed E-state index contributed by atoms with van der Waals surface area (Å²) in [6.07, 6.45) is 1.66. The standard InChI is InChI=1S/C19H17N3O4S/c20-16(23)13-8-10-27-19(13)22-17(24)14(11-12-5-2-1-3-6-12)21-18(25)15-7-4-9-26-15/h1-10,14H,11H2,(H2,20,23)(H,21,25)(H,22,24). The van der Waals surface area contributed by atoms with Gasteiger partial charge in [-0.3, -0.25) is 14.4 Å². The van der Waals surface area contributed by atoms with Crippen molar-refractivity contribution >= 4 is 34.1 Å². The Bertz CT molecular complexity index is 935. The van der Waals surface area contributed by atoms with Crippen LogP contribution in [-0.4, -0.2) is 23.8 Å². The fourth-order valence-corrected chi connectivity index (χ4v) is 3.29. The van der Waals surface area contributed by atoms with Gasteiger partial charge in [0.25, 0.3) is 11.8 Å². The fraction of sp³-hybridized carbons (Fsp3) is 0.105. The van der Waals surface area contributed by atoms with Gasteiger partial charge in [-0.2, -0.15) is 0 Å². The molecule has 3 rings (SSSR count). The minimum Gasteiger partial charge on any atom is -0.459 e. The van der Waals surface area contributed by atoms with Gasteiger partial charge in [-0.1, -0.05) is 30.3 Å². The molecule has 3 amide bonds. The van der Waals surface area contributed by atoms with Crippen LogP contribution >= 0.6 is 11.3 Å². The van der Waals surface area contributed by atoms with Gasteiger partial charge in [-0.25, -0.2) is 0 Å². The molecule has 0 spiro atoms. The molecule has 0 aliphatic carbocycles. The Morgan fingerprint density at radius 3 is 2.52 bits per heavy atom. The largest absolute Gasteiger partial charge is 0.459 e. The molecule has 27 heavy (non-hydrogen) atoms. The molecule has 0 bridgehead atoms. The number of rotatable bonds is 7. The highest BCUT2D eigenvalue weighted by molar-refractivity contribution is 7.14. The molecule has 0 aliphatic heterocycles. The molecular weight excluding hydrogens is 366 g/mol. The van der Waals surface area contributed by atoms with Crippen LogP contribution in [0, 0.1) is 0 Å². The number of carbonyl (C=O) groups is 3. The zero-order chi connectivity index (χ0) is 19.2. The number of carbonyl (C=O) groups excluding carboxylic acids is 3. The summed E-state index contributed by atoms with van der Waals surface area (Å²) in [5, 5.41) is 7.35. The Kier molecular flexibility index (Phi) is 5.68. The molecule has 0 fully saturated rings. The number of primary amides is 1. The number of nitrogens with two attached hydrogens (primary N) is 1. The van der Waals surface area contributed by atoms with Gasteiger partial charge in [-0.05, 0) is 29.1 Å². The van der Waals surface area contributed by atoms with Crippen LogP contribution < -0.4 is 16.4 Å². The molecule has 2 aromatic heterocycles. The van der Waals surface area contributed by atoms with E-state index in [0.717, 1.165) is 5.56 Å². The van der Waals surface area contributed by atoms with Gasteiger partial charge in [0.15, 0.2) is 5.76 Å². The number of hydrogen-bond donors (Lipinski definition) is 3. The summed E-state index contributed by atoms with van der Waals surface area (Å²) >= 11 is 1.18. The van der Waals surface area contributed by atoms with E-state index in [2.05, 4.69) is 10.6 Å². The van der Waals surface area contributed by atoms with E-state index in [1.54, 1.807) is 11.4 Å². The third-order valence-corrected chi connectivity index (χ3v) is 4.65. The monoisotopic (exact) mass is 383 g/mol. The van der Waals surface area contributed by atoms with Crippen molar-refractivity contribution in [1.29, 1.82) is 0 Å². The van der Waals surface area contributed by atoms with Gasteiger partial charge in [0.2, 0.25) is 5.91 Å². The molecule has 0 saturated heterocycles. The lowest BCUT2D eigenvalue weighted by molar-refractivity contribution is -0.117. The first-order chi connectivity index (χ1) is 13.0. The van der Waals surface area contributed by atoms with Crippen molar-refractivity contribution in [3.63, 3.8) is 0 Å². The van der Waals surface area contributed by atoms with Crippen LogP contribution in [0.5, 0.6) is 0 Å². The highest BCUT2D eigenvalue weighted by atomic mass is 32.1. The van der Waals surface area contributed by atoms with Crippen molar-refractivity contribution in [2.45, 2.75) is 12.5 Å². The second-order valence-corrected chi connectivity index (χ2v) is 6.63. The zero-order valence-electron chi connectivity index (χ0n) is 14.2. The van der Waals surface area contributed by atoms with Gasteiger partial charge in [0, 0.05) is 6.42 Å². The lowest BCUT2D eigenvalue weighted by atomic mass is 10.0. The smallest absolute Gasteiger partial charge is 0.287 e. The average molecular weight is 383 g/mol. The van der Waals surface area contributed by atoms with Crippen molar-refractivity contribution in [2.75, 3.05) is 5.32 Å². The molecule has 138 valence electrons. The van der Waals surface area contributed by atoms with E-state index in [1.165, 1.54) is 29.7 Å². The van der Waals surface area contributed by atoms with E-state index < -0.39 is 23.8 Å². The summed E-state index contributed by atoms with van der Waals surface area (Å²) < 4.78 is 5.08. The van der Waals surface area contributed by atoms with Crippen molar-refractivity contribution in [3.05, 3.63) is 77.1 Å². The molecule has 7 nitrogen and oxygen atoms in total. The Labute approximate surface area is 159 Å². The van der Waals surface area contributed by atoms with Crippen molar-refractivity contribution in [3.8, 4) is 0 Å². The van der Waals surface area contributed by atoms with Crippen LogP contribution in [0.1, 0.15) is 26.5 Å². The summed E-state index contributed by atoms with van der Waals surface area (Å²) in [6, 6.07) is 13.1. The summed E-state index contributed by atoms with van der Waals surface area (Å²) in [5.41, 5.74) is 6.41. The molecule has 1 aromatic carbocycles. The maximum absolute atomic E-state index is 12.8. The van der Waals surface area contributed by atoms with Crippen molar-refractivity contribution in [2.24, 2.45) is 5.73 Å². The van der Waals surface area contributed by atoms with Crippen LogP contribution in [0.2, 0.25) is 0 Å². The van der Waals surface area contributed by atoms with Gasteiger partial charge in [-0.15, -0.1) is 11.3 Å². The third kappa shape index (κ3) is 4.62. The molecular formula is C19H17N3O4S. The van der Waals surface area contributed by atoms with Gasteiger partial charge < -0.3 is 20.8 Å². The predicted molar refractivity (Wildman–Crippen MR) is 102 cm³/mol. The Morgan fingerprint density at radius 2 is 1.85 bits per heavy atom. The normalized spacial score (nSPS) is 11.6. The summed E-state index contributed by atoms with van der Waals surface area (Å²) in [4.78, 5) is 36.6. The van der Waals surface area contributed by atoms with Crippen LogP contribution in [-0.2, 0) is 11.2 Å². The quantitative estimate of drug-likeness (QED) is 0.581. The number of thiophene rings is 1. The molecule has 0 aliphatic rings. The lowest BCUT2D eigenvalue weighted by Gasteiger charge is -2.18. The van der Waals surface area contributed by atoms with E-state index in [0.29, 0.717) is 5.00 Å². The average Bonchev–Trinajstić information content (AvgIpc) is 3.34. The second kappa shape index (κ2) is 8.33. The Morgan fingerprint density at radius 1 is 1.07 bits per heavy atom. The lowest BCUT2D eigenvalue weighted by Crippen LogP contribution is -2.45. The van der Waals surface area contributed by atoms with Crippen molar-refractivity contribution < 1.29 is 18.8 Å². The number of nitrogens with one attached hydrogen (secondary N) is 2. The summed E-state index contributed by atoms with van der Waals surface area (Å²) in [7, 11) is 0. The molecule has 1 unspecified atom stereocenters. The van der Waals surface area contributed by atoms with Gasteiger partial charge >= 0.3 is 0 Å². The number of hydrogen-bond acceptors (Lipinski definition) is 5. The third-order valence-electron chi connectivity index (χ3n) is 3.82. The van der Waals surface area contributed by atoms with E-state index in [4.69, 9.17) is 10.2 Å². The van der Waals surface area contributed by atoms with Crippen LogP contribution in [0.3, 0.4) is 0 Å². The SMILES string of the molecule is NC(=O)c1ccsc1NC(=O)C(Cc1ccccc1)NC(=O)c1ccco1. The van der Waals surface area contributed by atoms with Crippen LogP contribution in [0.4, 0.5) is 5.00 Å². The second-order valence-electron chi connectivity index (χ2n) is 5.71. The maximum atomic E-state index is 12.8. The van der Waals surface area contributed by atoms with Crippen molar-refractivity contribution in [1.82, 2.24) is 5.32 Å². The van der Waals surface area contributed by atoms with Crippen LogP contribution in [0.25, 0.3) is 0 Å². The molecule has 0 saturated carbocycles. The number of anilines is 1. The number of benzene rings is 1. The molecule has 3 aromatic rings. The van der Waals surface area contributed by atoms with E-state index in [1.807, 2.05) is 30.3 Å². The number of amides is 3. The summed E-state index contributed by atoms with van der Waals surface area (Å²) in [6.45, 7) is 0. The van der Waals surface area contributed by atoms with Gasteiger partial charge in [0.1, 0.15) is 11.0 Å². The zero-order valence-corrected chi connectivity index (χ0v) is 15.0. The highest BCUT2D eigenvalue weighted by Gasteiger charge is 2.24. The molecule has 8 heteroatoms. The van der Waals surface area contributed by atoms with Gasteiger partial charge in [0.05, 0.1) is 11.8 Å². The molecule has 4 N–H and O–H groups in total. The fourth-order valence-electron chi connectivity index (χ4n) is 2.50. The summed E-state index contributed by atoms with van der Waals surface area (Å²) in [5.74, 6) is -1.48. The topological polar surface area (TPSA) is 114 Å². The maximum Gasteiger partial charge on any atom is 0.287 e. The molecule has 2 heterocycles. The molecule has 0 radical (unpaired) electrons. The minimum atomic E-state index is -0.868. The molecule has 1 atom stereocenters. The van der Waals surface area contributed by atoms with E-state index in [-0.39, 0.29) is 17.7 Å². The minimum absolute atomic E-state index is 0.106. The number of furan rings is 1. The Hall–Kier alpha value is -3.39. The van der Waals surface area contributed by atoms with E-state index >= 15 is 0 Å². The first-order valence-electron chi connectivity index (χ1n) is 8.11. The predicted octanol–water partition coefficient (Wildman–Crippen LogP) is 2.42. The first kappa shape index (κ1) is 18.4. The Balaban J connectivity index is 1.79. The van der Waals surface area contributed by atoms with E-state index in [9.17, 15) is 14.4 Å².